The SMILES string of the molecule is CCc1nn(Cc2cc(C)n(C)n2)c2cccc(NC(=O)C3=CN=C4C=C(OCCN5CCN(C)CC5)C=CC4CC3)c12. The molecular formula is C33H42N8O2. The van der Waals surface area contributed by atoms with E-state index in [1.54, 1.807) is 6.20 Å². The third-order valence-corrected chi connectivity index (χ3v) is 8.73. The smallest absolute Gasteiger partial charge is 0.253 e. The van der Waals surface area contributed by atoms with Crippen LogP contribution in [0.2, 0.25) is 0 Å². The fourth-order valence-corrected chi connectivity index (χ4v) is 5.99. The lowest BCUT2D eigenvalue weighted by molar-refractivity contribution is -0.113. The molecule has 0 radical (unpaired) electrons. The normalized spacial score (nSPS) is 19.4. The highest BCUT2D eigenvalue weighted by Crippen LogP contribution is 2.30. The van der Waals surface area contributed by atoms with E-state index in [2.05, 4.69) is 58.5 Å². The summed E-state index contributed by atoms with van der Waals surface area (Å²) >= 11 is 0. The van der Waals surface area contributed by atoms with Crippen molar-refractivity contribution in [2.24, 2.45) is 18.0 Å². The summed E-state index contributed by atoms with van der Waals surface area (Å²) < 4.78 is 9.95. The fraction of sp³-hybridized carbons (Fsp3) is 0.455. The number of aromatic nitrogens is 4. The lowest BCUT2D eigenvalue weighted by atomic mass is 9.92. The second-order valence-electron chi connectivity index (χ2n) is 11.8. The molecule has 1 amide bonds. The van der Waals surface area contributed by atoms with Crippen LogP contribution >= 0.6 is 0 Å². The van der Waals surface area contributed by atoms with Gasteiger partial charge in [0.25, 0.3) is 5.91 Å². The first-order valence-electron chi connectivity index (χ1n) is 15.4. The van der Waals surface area contributed by atoms with E-state index in [4.69, 9.17) is 14.8 Å². The van der Waals surface area contributed by atoms with E-state index < -0.39 is 0 Å². The molecule has 1 aliphatic carbocycles. The standard InChI is InChI=1S/C33H42N8O2/c1-5-28-32-29(7-6-8-31(32)41(37-28)22-26-19-23(2)39(4)36-26)35-33(42)25-10-9-24-11-12-27(20-30(24)34-21-25)43-18-17-40-15-13-38(3)14-16-40/h6-8,11-12,19-21,24H,5,9-10,13-18,22H2,1-4H3,(H,35,42). The van der Waals surface area contributed by atoms with Crippen LogP contribution in [0.5, 0.6) is 0 Å². The molecule has 1 atom stereocenters. The third kappa shape index (κ3) is 6.50. The molecule has 0 bridgehead atoms. The first-order chi connectivity index (χ1) is 20.9. The van der Waals surface area contributed by atoms with Crippen LogP contribution in [0.25, 0.3) is 10.9 Å². The number of likely N-dealkylation sites (N-methyl/N-ethyl adjacent to an activating group) is 1. The Morgan fingerprint density at radius 1 is 1.14 bits per heavy atom. The zero-order chi connectivity index (χ0) is 29.9. The maximum Gasteiger partial charge on any atom is 0.253 e. The molecule has 6 rings (SSSR count). The number of aliphatic imine (C=N–C) groups is 1. The minimum Gasteiger partial charge on any atom is -0.492 e. The van der Waals surface area contributed by atoms with Crippen molar-refractivity contribution in [3.05, 3.63) is 77.1 Å². The molecule has 0 saturated carbocycles. The van der Waals surface area contributed by atoms with Gasteiger partial charge in [0, 0.05) is 74.6 Å². The molecule has 0 spiro atoms. The van der Waals surface area contributed by atoms with Crippen LogP contribution in [0.4, 0.5) is 5.69 Å². The largest absolute Gasteiger partial charge is 0.492 e. The van der Waals surface area contributed by atoms with Gasteiger partial charge in [-0.2, -0.15) is 10.2 Å². The van der Waals surface area contributed by atoms with Crippen LogP contribution in [0.15, 0.2) is 65.0 Å². The number of hydrogen-bond donors (Lipinski definition) is 1. The minimum atomic E-state index is -0.123. The quantitative estimate of drug-likeness (QED) is 0.409. The molecule has 2 aliphatic heterocycles. The maximum atomic E-state index is 13.5. The van der Waals surface area contributed by atoms with Crippen molar-refractivity contribution < 1.29 is 9.53 Å². The monoisotopic (exact) mass is 582 g/mol. The number of nitrogens with zero attached hydrogens (tertiary/aromatic N) is 7. The molecule has 1 N–H and O–H groups in total. The predicted octanol–water partition coefficient (Wildman–Crippen LogP) is 4.08. The van der Waals surface area contributed by atoms with Crippen LogP contribution < -0.4 is 5.32 Å². The molecule has 226 valence electrons. The van der Waals surface area contributed by atoms with Crippen molar-refractivity contribution in [1.29, 1.82) is 0 Å². The van der Waals surface area contributed by atoms with Gasteiger partial charge in [0.2, 0.25) is 0 Å². The first-order valence-corrected chi connectivity index (χ1v) is 15.4. The van der Waals surface area contributed by atoms with Crippen LogP contribution in [0, 0.1) is 12.8 Å². The number of aryl methyl sites for hydroxylation is 3. The Morgan fingerprint density at radius 2 is 1.98 bits per heavy atom. The number of piperazine rings is 1. The Kier molecular flexibility index (Phi) is 8.58. The number of hydrogen-bond acceptors (Lipinski definition) is 7. The second kappa shape index (κ2) is 12.7. The first kappa shape index (κ1) is 29.1. The van der Waals surface area contributed by atoms with Crippen molar-refractivity contribution >= 4 is 28.2 Å². The Balaban J connectivity index is 1.14. The lowest BCUT2D eigenvalue weighted by Crippen LogP contribution is -2.45. The summed E-state index contributed by atoms with van der Waals surface area (Å²) in [6.45, 7) is 10.7. The number of anilines is 1. The molecule has 43 heavy (non-hydrogen) atoms. The highest BCUT2D eigenvalue weighted by Gasteiger charge is 2.23. The van der Waals surface area contributed by atoms with Crippen molar-refractivity contribution in [1.82, 2.24) is 29.4 Å². The van der Waals surface area contributed by atoms with Gasteiger partial charge in [-0.1, -0.05) is 19.1 Å². The van der Waals surface area contributed by atoms with Crippen molar-refractivity contribution in [3.8, 4) is 0 Å². The lowest BCUT2D eigenvalue weighted by Gasteiger charge is -2.32. The molecular weight excluding hydrogens is 540 g/mol. The number of amides is 1. The van der Waals surface area contributed by atoms with Gasteiger partial charge in [0.15, 0.2) is 0 Å². The summed E-state index contributed by atoms with van der Waals surface area (Å²) in [5.41, 5.74) is 6.39. The van der Waals surface area contributed by atoms with Crippen molar-refractivity contribution in [3.63, 3.8) is 0 Å². The highest BCUT2D eigenvalue weighted by molar-refractivity contribution is 6.09. The van der Waals surface area contributed by atoms with E-state index in [-0.39, 0.29) is 11.8 Å². The topological polar surface area (TPSA) is 92.8 Å². The second-order valence-corrected chi connectivity index (χ2v) is 11.8. The summed E-state index contributed by atoms with van der Waals surface area (Å²) in [5.74, 6) is 0.888. The molecule has 3 aliphatic rings. The fourth-order valence-electron chi connectivity index (χ4n) is 5.99. The van der Waals surface area contributed by atoms with Crippen molar-refractivity contribution in [2.45, 2.75) is 39.7 Å². The number of carbonyl (C=O) groups is 1. The summed E-state index contributed by atoms with van der Waals surface area (Å²) in [7, 11) is 4.12. The van der Waals surface area contributed by atoms with Gasteiger partial charge in [-0.3, -0.25) is 24.1 Å². The third-order valence-electron chi connectivity index (χ3n) is 8.73. The maximum absolute atomic E-state index is 13.5. The number of carbonyl (C=O) groups excluding carboxylic acids is 1. The van der Waals surface area contributed by atoms with Gasteiger partial charge in [0.05, 0.1) is 34.8 Å². The number of allylic oxidation sites excluding steroid dienone is 3. The Morgan fingerprint density at radius 3 is 2.74 bits per heavy atom. The average Bonchev–Trinajstić information content (AvgIpc) is 3.43. The average molecular weight is 583 g/mol. The number of benzene rings is 1. The van der Waals surface area contributed by atoms with Crippen LogP contribution in [-0.4, -0.2) is 87.4 Å². The van der Waals surface area contributed by atoms with E-state index in [0.29, 0.717) is 25.1 Å². The summed E-state index contributed by atoms with van der Waals surface area (Å²) in [6.07, 6.45) is 10.2. The minimum absolute atomic E-state index is 0.123. The van der Waals surface area contributed by atoms with E-state index in [0.717, 1.165) is 90.7 Å². The van der Waals surface area contributed by atoms with Crippen molar-refractivity contribution in [2.75, 3.05) is 51.7 Å². The van der Waals surface area contributed by atoms with Gasteiger partial charge < -0.3 is 15.0 Å². The molecule has 1 aromatic carbocycles. The molecule has 1 saturated heterocycles. The molecule has 2 aromatic heterocycles. The molecule has 4 heterocycles. The van der Waals surface area contributed by atoms with E-state index >= 15 is 0 Å². The predicted molar refractivity (Wildman–Crippen MR) is 170 cm³/mol. The zero-order valence-electron chi connectivity index (χ0n) is 25.7. The summed E-state index contributed by atoms with van der Waals surface area (Å²) in [4.78, 5) is 23.1. The Bertz CT molecular complexity index is 1600. The highest BCUT2D eigenvalue weighted by atomic mass is 16.5. The van der Waals surface area contributed by atoms with Crippen LogP contribution in [0.1, 0.15) is 36.8 Å². The zero-order valence-corrected chi connectivity index (χ0v) is 25.7. The summed E-state index contributed by atoms with van der Waals surface area (Å²) in [5, 5.41) is 13.7. The van der Waals surface area contributed by atoms with Crippen LogP contribution in [-0.2, 0) is 29.5 Å². The molecule has 1 fully saturated rings. The number of ether oxygens (including phenoxy) is 1. The molecule has 1 unspecified atom stereocenters. The summed E-state index contributed by atoms with van der Waals surface area (Å²) in [6, 6.07) is 8.06. The van der Waals surface area contributed by atoms with E-state index in [9.17, 15) is 4.79 Å². The molecule has 3 aromatic rings. The number of nitrogens with one attached hydrogen (secondary N) is 1. The van der Waals surface area contributed by atoms with Gasteiger partial charge in [-0.05, 0) is 57.5 Å². The Labute approximate surface area is 253 Å². The Hall–Kier alpha value is -4.02. The van der Waals surface area contributed by atoms with E-state index in [1.807, 2.05) is 41.5 Å². The van der Waals surface area contributed by atoms with Crippen LogP contribution in [0.3, 0.4) is 0 Å². The van der Waals surface area contributed by atoms with Gasteiger partial charge in [0.1, 0.15) is 12.4 Å². The van der Waals surface area contributed by atoms with Gasteiger partial charge in [-0.15, -0.1) is 0 Å². The molecule has 10 heteroatoms. The number of fused-ring (bicyclic) bond motifs is 2. The number of rotatable bonds is 9. The van der Waals surface area contributed by atoms with Gasteiger partial charge in [-0.25, -0.2) is 0 Å². The van der Waals surface area contributed by atoms with Gasteiger partial charge >= 0.3 is 0 Å². The van der Waals surface area contributed by atoms with E-state index in [1.165, 1.54) is 0 Å². The molecule has 10 nitrogen and oxygen atoms in total.